The fourth-order valence-electron chi connectivity index (χ4n) is 3.98. The van der Waals surface area contributed by atoms with Gasteiger partial charge in [-0.05, 0) is 68.8 Å². The summed E-state index contributed by atoms with van der Waals surface area (Å²) in [6, 6.07) is 16.2. The molecule has 0 unspecified atom stereocenters. The van der Waals surface area contributed by atoms with Gasteiger partial charge in [0.05, 0.1) is 18.2 Å². The highest BCUT2D eigenvalue weighted by Crippen LogP contribution is 2.38. The summed E-state index contributed by atoms with van der Waals surface area (Å²) in [5.74, 6) is -2.14. The number of anilines is 1. The van der Waals surface area contributed by atoms with E-state index in [4.69, 9.17) is 9.47 Å². The highest BCUT2D eigenvalue weighted by Gasteiger charge is 2.18. The Balaban J connectivity index is 1.71. The summed E-state index contributed by atoms with van der Waals surface area (Å²) in [7, 11) is 1.33. The van der Waals surface area contributed by atoms with Crippen molar-refractivity contribution in [3.05, 3.63) is 89.6 Å². The Morgan fingerprint density at radius 3 is 2.37 bits per heavy atom. The number of nitrogens with zero attached hydrogens (tertiary/aromatic N) is 1. The van der Waals surface area contributed by atoms with Crippen molar-refractivity contribution < 1.29 is 27.8 Å². The van der Waals surface area contributed by atoms with E-state index in [1.54, 1.807) is 32.9 Å². The Labute approximate surface area is 223 Å². The fraction of sp³-hybridized carbons (Fsp3) is 0.241. The van der Waals surface area contributed by atoms with Gasteiger partial charge in [0.25, 0.3) is 0 Å². The first-order valence-electron chi connectivity index (χ1n) is 11.9. The van der Waals surface area contributed by atoms with Crippen molar-refractivity contribution >= 4 is 40.3 Å². The zero-order chi connectivity index (χ0) is 27.4. The standard InChI is InChI=1S/C29H28F2N2O4S/c1-29(2,3)37-27(34)15-32-21-9-10-22-24(14-21)33(16-18-11-19(30)13-20(31)12-18)17-26(22)38-25-8-6-5-7-23(25)28(35)36-4/h5-14,17,32H,15-16H2,1-4H3. The Kier molecular flexibility index (Phi) is 8.06. The molecular formula is C29H28F2N2O4S. The van der Waals surface area contributed by atoms with Crippen LogP contribution in [0.15, 0.2) is 76.7 Å². The molecule has 0 aliphatic rings. The Hall–Kier alpha value is -3.85. The summed E-state index contributed by atoms with van der Waals surface area (Å²) in [5.41, 5.74) is 1.76. The SMILES string of the molecule is COC(=O)c1ccccc1Sc1cn(Cc2cc(F)cc(F)c2)c2cc(NCC(=O)OC(C)(C)C)ccc12. The van der Waals surface area contributed by atoms with E-state index in [1.807, 2.05) is 41.1 Å². The van der Waals surface area contributed by atoms with Crippen molar-refractivity contribution in [3.63, 3.8) is 0 Å². The predicted octanol–water partition coefficient (Wildman–Crippen LogP) is 6.66. The van der Waals surface area contributed by atoms with E-state index in [2.05, 4.69) is 5.32 Å². The number of carbonyl (C=O) groups is 2. The van der Waals surface area contributed by atoms with Gasteiger partial charge in [-0.25, -0.2) is 13.6 Å². The molecule has 0 spiro atoms. The van der Waals surface area contributed by atoms with Gasteiger partial charge in [-0.1, -0.05) is 23.9 Å². The van der Waals surface area contributed by atoms with Crippen LogP contribution in [0.25, 0.3) is 10.9 Å². The van der Waals surface area contributed by atoms with Gasteiger partial charge in [-0.15, -0.1) is 0 Å². The summed E-state index contributed by atoms with van der Waals surface area (Å²) < 4.78 is 40.0. The van der Waals surface area contributed by atoms with E-state index in [-0.39, 0.29) is 19.1 Å². The molecule has 0 aliphatic carbocycles. The van der Waals surface area contributed by atoms with Gasteiger partial charge < -0.3 is 19.4 Å². The van der Waals surface area contributed by atoms with Crippen LogP contribution in [0.4, 0.5) is 14.5 Å². The van der Waals surface area contributed by atoms with Crippen molar-refractivity contribution in [2.45, 2.75) is 42.7 Å². The van der Waals surface area contributed by atoms with Crippen LogP contribution in [-0.2, 0) is 20.8 Å². The number of esters is 2. The van der Waals surface area contributed by atoms with Crippen LogP contribution in [0, 0.1) is 11.6 Å². The number of fused-ring (bicyclic) bond motifs is 1. The largest absolute Gasteiger partial charge is 0.465 e. The number of methoxy groups -OCH3 is 1. The molecule has 0 saturated heterocycles. The van der Waals surface area contributed by atoms with E-state index in [0.717, 1.165) is 21.9 Å². The van der Waals surface area contributed by atoms with Crippen molar-refractivity contribution in [1.82, 2.24) is 4.57 Å². The molecule has 4 rings (SSSR count). The average molecular weight is 539 g/mol. The van der Waals surface area contributed by atoms with Crippen molar-refractivity contribution in [2.75, 3.05) is 19.0 Å². The lowest BCUT2D eigenvalue weighted by Gasteiger charge is -2.19. The number of nitrogens with one attached hydrogen (secondary N) is 1. The number of ether oxygens (including phenoxy) is 2. The van der Waals surface area contributed by atoms with E-state index in [0.29, 0.717) is 21.7 Å². The Morgan fingerprint density at radius 2 is 1.68 bits per heavy atom. The second kappa shape index (κ2) is 11.3. The minimum Gasteiger partial charge on any atom is -0.465 e. The topological polar surface area (TPSA) is 69.6 Å². The molecule has 0 bridgehead atoms. The minimum atomic E-state index is -0.655. The second-order valence-corrected chi connectivity index (χ2v) is 10.7. The summed E-state index contributed by atoms with van der Waals surface area (Å²) in [6.45, 7) is 5.59. The number of hydrogen-bond acceptors (Lipinski definition) is 6. The number of rotatable bonds is 8. The summed E-state index contributed by atoms with van der Waals surface area (Å²) in [5, 5.41) is 3.95. The second-order valence-electron chi connectivity index (χ2n) is 9.66. The molecule has 1 heterocycles. The molecule has 0 atom stereocenters. The summed E-state index contributed by atoms with van der Waals surface area (Å²) in [4.78, 5) is 26.0. The molecule has 0 saturated carbocycles. The quantitative estimate of drug-likeness (QED) is 0.253. The van der Waals surface area contributed by atoms with E-state index in [1.165, 1.54) is 31.0 Å². The highest BCUT2D eigenvalue weighted by atomic mass is 32.2. The normalized spacial score (nSPS) is 11.4. The van der Waals surface area contributed by atoms with Crippen molar-refractivity contribution in [2.24, 2.45) is 0 Å². The molecule has 0 amide bonds. The molecule has 3 aromatic carbocycles. The predicted molar refractivity (Wildman–Crippen MR) is 144 cm³/mol. The summed E-state index contributed by atoms with van der Waals surface area (Å²) >= 11 is 1.39. The number of benzene rings is 3. The molecular weight excluding hydrogens is 510 g/mol. The monoisotopic (exact) mass is 538 g/mol. The lowest BCUT2D eigenvalue weighted by molar-refractivity contribution is -0.152. The average Bonchev–Trinajstić information content (AvgIpc) is 3.17. The van der Waals surface area contributed by atoms with Crippen LogP contribution < -0.4 is 5.32 Å². The zero-order valence-corrected chi connectivity index (χ0v) is 22.3. The number of carbonyl (C=O) groups excluding carboxylic acids is 2. The Morgan fingerprint density at radius 1 is 0.974 bits per heavy atom. The maximum absolute atomic E-state index is 13.9. The maximum atomic E-state index is 13.9. The molecule has 0 aliphatic heterocycles. The molecule has 9 heteroatoms. The van der Waals surface area contributed by atoms with Crippen LogP contribution in [0.3, 0.4) is 0 Å². The van der Waals surface area contributed by atoms with E-state index < -0.39 is 23.2 Å². The van der Waals surface area contributed by atoms with Crippen LogP contribution in [0.1, 0.15) is 36.7 Å². The first kappa shape index (κ1) is 27.2. The van der Waals surface area contributed by atoms with Gasteiger partial charge in [0.1, 0.15) is 23.8 Å². The van der Waals surface area contributed by atoms with Crippen molar-refractivity contribution in [3.8, 4) is 0 Å². The van der Waals surface area contributed by atoms with Gasteiger partial charge in [-0.3, -0.25) is 4.79 Å². The van der Waals surface area contributed by atoms with Gasteiger partial charge >= 0.3 is 11.9 Å². The van der Waals surface area contributed by atoms with Crippen LogP contribution >= 0.6 is 11.8 Å². The smallest absolute Gasteiger partial charge is 0.339 e. The molecule has 0 radical (unpaired) electrons. The minimum absolute atomic E-state index is 0.0211. The highest BCUT2D eigenvalue weighted by molar-refractivity contribution is 7.99. The zero-order valence-electron chi connectivity index (χ0n) is 21.5. The Bertz CT molecular complexity index is 1470. The molecule has 198 valence electrons. The molecule has 38 heavy (non-hydrogen) atoms. The molecule has 6 nitrogen and oxygen atoms in total. The van der Waals surface area contributed by atoms with Gasteiger partial charge in [-0.2, -0.15) is 0 Å². The van der Waals surface area contributed by atoms with Gasteiger partial charge in [0.2, 0.25) is 0 Å². The van der Waals surface area contributed by atoms with Gasteiger partial charge in [0, 0.05) is 39.7 Å². The van der Waals surface area contributed by atoms with Crippen LogP contribution in [-0.4, -0.2) is 35.8 Å². The molecule has 1 aromatic heterocycles. The van der Waals surface area contributed by atoms with Crippen LogP contribution in [0.2, 0.25) is 0 Å². The number of aromatic nitrogens is 1. The maximum Gasteiger partial charge on any atom is 0.339 e. The lowest BCUT2D eigenvalue weighted by atomic mass is 10.2. The third kappa shape index (κ3) is 6.72. The third-order valence-electron chi connectivity index (χ3n) is 5.49. The lowest BCUT2D eigenvalue weighted by Crippen LogP contribution is -2.28. The summed E-state index contributed by atoms with van der Waals surface area (Å²) in [6.07, 6.45) is 1.88. The number of hydrogen-bond donors (Lipinski definition) is 1. The molecule has 0 fully saturated rings. The van der Waals surface area contributed by atoms with Crippen LogP contribution in [0.5, 0.6) is 0 Å². The first-order valence-corrected chi connectivity index (χ1v) is 12.7. The van der Waals surface area contributed by atoms with Gasteiger partial charge in [0.15, 0.2) is 0 Å². The first-order chi connectivity index (χ1) is 18.0. The van der Waals surface area contributed by atoms with Crippen molar-refractivity contribution in [1.29, 1.82) is 0 Å². The third-order valence-corrected chi connectivity index (χ3v) is 6.61. The number of halogens is 2. The fourth-order valence-corrected chi connectivity index (χ4v) is 5.09. The molecule has 1 N–H and O–H groups in total. The van der Waals surface area contributed by atoms with E-state index in [9.17, 15) is 18.4 Å². The molecule has 4 aromatic rings. The van der Waals surface area contributed by atoms with E-state index >= 15 is 0 Å².